The number of aromatic nitrogens is 5. The number of rotatable bonds is 5. The summed E-state index contributed by atoms with van der Waals surface area (Å²) < 4.78 is 23.3. The fraction of sp³-hybridized carbons (Fsp3) is 0.323. The second kappa shape index (κ2) is 10.9. The highest BCUT2D eigenvalue weighted by Gasteiger charge is 2.27. The van der Waals surface area contributed by atoms with Crippen molar-refractivity contribution in [2.24, 2.45) is 0 Å². The number of ether oxygens (including phenoxy) is 1. The van der Waals surface area contributed by atoms with Crippen molar-refractivity contribution in [3.63, 3.8) is 0 Å². The van der Waals surface area contributed by atoms with Crippen molar-refractivity contribution in [2.75, 3.05) is 36.4 Å². The molecule has 0 radical (unpaired) electrons. The quantitative estimate of drug-likeness (QED) is 0.296. The molecule has 0 unspecified atom stereocenters. The fourth-order valence-corrected chi connectivity index (χ4v) is 5.19. The third-order valence-corrected chi connectivity index (χ3v) is 7.34. The first kappa shape index (κ1) is 27.4. The highest BCUT2D eigenvalue weighted by atomic mass is 19.1. The molecule has 0 saturated carbocycles. The molecule has 2 aromatic carbocycles. The van der Waals surface area contributed by atoms with Crippen LogP contribution in [-0.2, 0) is 11.2 Å². The normalized spacial score (nSPS) is 14.0. The molecule has 1 fully saturated rings. The van der Waals surface area contributed by atoms with Crippen LogP contribution < -0.4 is 10.2 Å². The van der Waals surface area contributed by atoms with Gasteiger partial charge in [-0.25, -0.2) is 28.7 Å². The van der Waals surface area contributed by atoms with E-state index in [1.807, 2.05) is 56.1 Å². The molecule has 0 spiro atoms. The number of fused-ring (bicyclic) bond motifs is 2. The smallest absolute Gasteiger partial charge is 0.410 e. The predicted octanol–water partition coefficient (Wildman–Crippen LogP) is 5.51. The summed E-state index contributed by atoms with van der Waals surface area (Å²) in [6, 6.07) is 13.7. The number of piperazine rings is 1. The summed E-state index contributed by atoms with van der Waals surface area (Å²) in [4.78, 5) is 29.1. The molecule has 5 aromatic rings. The Hall–Kier alpha value is -4.80. The highest BCUT2D eigenvalue weighted by molar-refractivity contribution is 5.94. The number of aryl methyl sites for hydroxylation is 1. The molecule has 1 aliphatic rings. The van der Waals surface area contributed by atoms with Crippen LogP contribution in [0.1, 0.15) is 37.5 Å². The molecule has 10 nitrogen and oxygen atoms in total. The van der Waals surface area contributed by atoms with Crippen LogP contribution in [0.25, 0.3) is 16.6 Å². The van der Waals surface area contributed by atoms with Crippen LogP contribution in [0.15, 0.2) is 61.3 Å². The van der Waals surface area contributed by atoms with E-state index >= 15 is 4.39 Å². The Labute approximate surface area is 243 Å². The van der Waals surface area contributed by atoms with E-state index in [2.05, 4.69) is 38.4 Å². The molecule has 42 heavy (non-hydrogen) atoms. The Morgan fingerprint density at radius 2 is 1.81 bits per heavy atom. The maximum Gasteiger partial charge on any atom is 0.410 e. The van der Waals surface area contributed by atoms with Crippen molar-refractivity contribution in [2.45, 2.75) is 39.7 Å². The molecule has 1 N–H and O–H groups in total. The van der Waals surface area contributed by atoms with Gasteiger partial charge in [0.1, 0.15) is 24.1 Å². The van der Waals surface area contributed by atoms with Crippen molar-refractivity contribution in [1.29, 1.82) is 0 Å². The van der Waals surface area contributed by atoms with E-state index in [4.69, 9.17) is 4.74 Å². The van der Waals surface area contributed by atoms with E-state index in [-0.39, 0.29) is 6.09 Å². The van der Waals surface area contributed by atoms with Gasteiger partial charge in [0.15, 0.2) is 11.5 Å². The molecule has 0 aliphatic carbocycles. The maximum atomic E-state index is 16.1. The van der Waals surface area contributed by atoms with E-state index in [1.54, 1.807) is 27.9 Å². The van der Waals surface area contributed by atoms with Crippen LogP contribution in [-0.4, -0.2) is 67.3 Å². The molecule has 1 saturated heterocycles. The first-order chi connectivity index (χ1) is 20.1. The van der Waals surface area contributed by atoms with E-state index in [0.717, 1.165) is 28.9 Å². The Balaban J connectivity index is 1.20. The topological polar surface area (TPSA) is 101 Å². The zero-order valence-electron chi connectivity index (χ0n) is 24.1. The van der Waals surface area contributed by atoms with E-state index in [9.17, 15) is 4.79 Å². The minimum Gasteiger partial charge on any atom is -0.444 e. The molecule has 3 aromatic heterocycles. The van der Waals surface area contributed by atoms with Crippen LogP contribution >= 0.6 is 0 Å². The number of anilines is 3. The molecule has 4 heterocycles. The van der Waals surface area contributed by atoms with Crippen LogP contribution in [0.3, 0.4) is 0 Å². The van der Waals surface area contributed by atoms with E-state index in [1.165, 1.54) is 11.9 Å². The molecule has 6 rings (SSSR count). The van der Waals surface area contributed by atoms with Crippen LogP contribution in [0.2, 0.25) is 0 Å². The van der Waals surface area contributed by atoms with Gasteiger partial charge in [0, 0.05) is 38.1 Å². The number of hydrogen-bond donors (Lipinski definition) is 1. The third kappa shape index (κ3) is 5.67. The minimum atomic E-state index is -0.561. The number of hydrogen-bond acceptors (Lipinski definition) is 8. The van der Waals surface area contributed by atoms with Crippen molar-refractivity contribution in [1.82, 2.24) is 29.5 Å². The fourth-order valence-electron chi connectivity index (χ4n) is 5.19. The van der Waals surface area contributed by atoms with Crippen molar-refractivity contribution in [3.8, 4) is 0 Å². The monoisotopic (exact) mass is 568 g/mol. The molecule has 1 aliphatic heterocycles. The van der Waals surface area contributed by atoms with Gasteiger partial charge in [-0.3, -0.25) is 0 Å². The van der Waals surface area contributed by atoms with Gasteiger partial charge in [-0.15, -0.1) is 0 Å². The van der Waals surface area contributed by atoms with Gasteiger partial charge >= 0.3 is 6.09 Å². The van der Waals surface area contributed by atoms with Crippen molar-refractivity contribution in [3.05, 3.63) is 83.8 Å². The van der Waals surface area contributed by atoms with Gasteiger partial charge in [0.25, 0.3) is 0 Å². The van der Waals surface area contributed by atoms with Crippen LogP contribution in [0.4, 0.5) is 26.4 Å². The largest absolute Gasteiger partial charge is 0.444 e. The zero-order chi connectivity index (χ0) is 29.4. The second-order valence-electron chi connectivity index (χ2n) is 11.5. The average molecular weight is 569 g/mol. The number of benzene rings is 2. The Morgan fingerprint density at radius 1 is 1.00 bits per heavy atom. The average Bonchev–Trinajstić information content (AvgIpc) is 3.42. The third-order valence-electron chi connectivity index (χ3n) is 7.34. The Bertz CT molecular complexity index is 1770. The molecular formula is C31H33FN8O2. The number of halogens is 1. The van der Waals surface area contributed by atoms with Gasteiger partial charge in [-0.2, -0.15) is 5.10 Å². The first-order valence-corrected chi connectivity index (χ1v) is 14.0. The molecule has 216 valence electrons. The summed E-state index contributed by atoms with van der Waals surface area (Å²) in [5, 5.41) is 7.79. The van der Waals surface area contributed by atoms with Crippen molar-refractivity contribution >= 4 is 39.8 Å². The van der Waals surface area contributed by atoms with Gasteiger partial charge in [-0.1, -0.05) is 6.07 Å². The lowest BCUT2D eigenvalue weighted by Crippen LogP contribution is -2.50. The lowest BCUT2D eigenvalue weighted by atomic mass is 10.0. The highest BCUT2D eigenvalue weighted by Crippen LogP contribution is 2.33. The summed E-state index contributed by atoms with van der Waals surface area (Å²) >= 11 is 0. The lowest BCUT2D eigenvalue weighted by molar-refractivity contribution is 0.0240. The second-order valence-corrected chi connectivity index (χ2v) is 11.5. The summed E-state index contributed by atoms with van der Waals surface area (Å²) in [5.74, 6) is 0.00897. The predicted molar refractivity (Wildman–Crippen MR) is 160 cm³/mol. The van der Waals surface area contributed by atoms with Crippen LogP contribution in [0.5, 0.6) is 0 Å². The Morgan fingerprint density at radius 3 is 2.57 bits per heavy atom. The summed E-state index contributed by atoms with van der Waals surface area (Å²) in [6.45, 7) is 9.46. The maximum absolute atomic E-state index is 16.1. The minimum absolute atomic E-state index is 0.327. The summed E-state index contributed by atoms with van der Waals surface area (Å²) in [7, 11) is 0. The SMILES string of the molecule is Cc1cc(Nc2ncnc3ccc(N4CCN(C(=O)OC(C)(C)C)CC4)c(F)c23)ccc1Cc1ccn2ncnc2c1. The molecule has 1 amide bonds. The van der Waals surface area contributed by atoms with Gasteiger partial charge < -0.3 is 19.9 Å². The van der Waals surface area contributed by atoms with E-state index < -0.39 is 11.4 Å². The van der Waals surface area contributed by atoms with E-state index in [0.29, 0.717) is 48.6 Å². The van der Waals surface area contributed by atoms with Gasteiger partial charge in [0.2, 0.25) is 0 Å². The molecule has 11 heteroatoms. The number of pyridine rings is 1. The van der Waals surface area contributed by atoms with Crippen molar-refractivity contribution < 1.29 is 13.9 Å². The standard InChI is InChI=1S/C31H33FN8O2/c1-20-15-23(6-5-22(20)16-21-9-10-40-26(17-21)34-19-36-40)37-29-27-24(33-18-35-29)7-8-25(28(27)32)38-11-13-39(14-12-38)30(41)42-31(2,3)4/h5-10,15,17-19H,11-14,16H2,1-4H3,(H,33,35,37). The van der Waals surface area contributed by atoms with Crippen LogP contribution in [0, 0.1) is 12.7 Å². The number of carbonyl (C=O) groups is 1. The summed E-state index contributed by atoms with van der Waals surface area (Å²) in [6.07, 6.45) is 5.29. The van der Waals surface area contributed by atoms with Gasteiger partial charge in [-0.05, 0) is 87.2 Å². The number of amides is 1. The van der Waals surface area contributed by atoms with Gasteiger partial charge in [0.05, 0.1) is 16.6 Å². The number of carbonyl (C=O) groups excluding carboxylic acids is 1. The molecule has 0 bridgehead atoms. The Kier molecular flexibility index (Phi) is 7.09. The number of nitrogens with zero attached hydrogens (tertiary/aromatic N) is 7. The first-order valence-electron chi connectivity index (χ1n) is 14.0. The number of nitrogens with one attached hydrogen (secondary N) is 1. The molecular weight excluding hydrogens is 535 g/mol. The lowest BCUT2D eigenvalue weighted by Gasteiger charge is -2.37. The zero-order valence-corrected chi connectivity index (χ0v) is 24.1. The molecule has 0 atom stereocenters. The summed E-state index contributed by atoms with van der Waals surface area (Å²) in [5.41, 5.74) is 5.44.